The van der Waals surface area contributed by atoms with Gasteiger partial charge < -0.3 is 9.13 Å². The molecule has 1 aliphatic rings. The highest BCUT2D eigenvalue weighted by atomic mass is 32.1. The van der Waals surface area contributed by atoms with Crippen molar-refractivity contribution in [1.29, 1.82) is 0 Å². The average molecular weight is 1060 g/mol. The lowest BCUT2D eigenvalue weighted by molar-refractivity contribution is 1.02. The molecule has 6 heterocycles. The number of hydrogen-bond acceptors (Lipinski definition) is 4. The summed E-state index contributed by atoms with van der Waals surface area (Å²) in [6, 6.07) is 82.8. The van der Waals surface area contributed by atoms with Crippen molar-refractivity contribution >= 4 is 166 Å². The molecule has 2 nitrogen and oxygen atoms in total. The smallest absolute Gasteiger partial charge is 0.0640 e. The van der Waals surface area contributed by atoms with Crippen molar-refractivity contribution < 1.29 is 0 Å². The van der Waals surface area contributed by atoms with E-state index in [0.29, 0.717) is 0 Å². The van der Waals surface area contributed by atoms with Gasteiger partial charge >= 0.3 is 0 Å². The van der Waals surface area contributed by atoms with Gasteiger partial charge in [0.25, 0.3) is 0 Å². The highest BCUT2D eigenvalue weighted by Crippen LogP contribution is 2.48. The van der Waals surface area contributed by atoms with Crippen LogP contribution in [0.4, 0.5) is 0 Å². The Hall–Kier alpha value is -8.62. The summed E-state index contributed by atoms with van der Waals surface area (Å²) in [7, 11) is 0. The van der Waals surface area contributed by atoms with Crippen LogP contribution in [-0.2, 0) is 6.42 Å². The molecule has 0 unspecified atom stereocenters. The number of aryl methyl sites for hydroxylation is 1. The first-order valence-electron chi connectivity index (χ1n) is 26.8. The largest absolute Gasteiger partial charge is 0.308 e. The van der Waals surface area contributed by atoms with Gasteiger partial charge in [0.05, 0.1) is 42.8 Å². The Morgan fingerprint density at radius 1 is 0.295 bits per heavy atom. The molecule has 6 aromatic heterocycles. The number of allylic oxidation sites excluding steroid dienone is 1. The van der Waals surface area contributed by atoms with E-state index in [2.05, 4.69) is 240 Å². The molecule has 0 saturated carbocycles. The summed E-state index contributed by atoms with van der Waals surface area (Å²) in [5.74, 6) is 0. The standard InChI is InChI=1S/C72H42N2S4/c1-5-25-65-47(13-1)51-19-9-17-45(69(51)75-65)43-31-35-61-57(39-43)55-37-41(29-33-59(55)73(61)63-23-11-21-53-49-15-3-7-27-67(49)77-71(53)63)42-30-34-60-56(38-42)58-40-44(46-18-10-20-52-48-14-2-6-26-66(48)76-70(46)52)32-36-62(58)74(60)64-24-12-22-54-50-16-4-8-28-68(50)78-72(54)64/h1-7,9-27,29-40H,8,28H2. The first kappa shape index (κ1) is 43.5. The quantitative estimate of drug-likeness (QED) is 0.163. The molecule has 78 heavy (non-hydrogen) atoms. The molecule has 0 fully saturated rings. The zero-order chi connectivity index (χ0) is 50.7. The van der Waals surface area contributed by atoms with E-state index in [1.807, 2.05) is 45.3 Å². The number of aromatic nitrogens is 2. The zero-order valence-electron chi connectivity index (χ0n) is 41.9. The maximum atomic E-state index is 2.55. The normalized spacial score (nSPS) is 13.0. The van der Waals surface area contributed by atoms with Crippen LogP contribution in [0.25, 0.3) is 165 Å². The van der Waals surface area contributed by atoms with Crippen molar-refractivity contribution in [1.82, 2.24) is 9.13 Å². The van der Waals surface area contributed by atoms with Gasteiger partial charge in [-0.3, -0.25) is 0 Å². The minimum absolute atomic E-state index is 1.10. The lowest BCUT2D eigenvalue weighted by Crippen LogP contribution is -1.94. The summed E-state index contributed by atoms with van der Waals surface area (Å²) in [5.41, 5.74) is 16.1. The second-order valence-corrected chi connectivity index (χ2v) is 25.2. The summed E-state index contributed by atoms with van der Waals surface area (Å²) in [4.78, 5) is 1.49. The van der Waals surface area contributed by atoms with Gasteiger partial charge in [0.2, 0.25) is 0 Å². The van der Waals surface area contributed by atoms with Crippen LogP contribution in [0, 0.1) is 0 Å². The average Bonchev–Trinajstić information content (AvgIpc) is 4.49. The maximum absolute atomic E-state index is 2.55. The highest BCUT2D eigenvalue weighted by molar-refractivity contribution is 7.27. The molecule has 0 aliphatic heterocycles. The molecule has 0 spiro atoms. The minimum atomic E-state index is 1.10. The number of benzene rings is 11. The van der Waals surface area contributed by atoms with Crippen molar-refractivity contribution in [2.45, 2.75) is 12.8 Å². The second kappa shape index (κ2) is 16.4. The van der Waals surface area contributed by atoms with E-state index >= 15 is 0 Å². The van der Waals surface area contributed by atoms with Crippen LogP contribution in [0.3, 0.4) is 0 Å². The number of nitrogens with zero attached hydrogens (tertiary/aromatic N) is 2. The molecule has 18 rings (SSSR count). The van der Waals surface area contributed by atoms with E-state index in [9.17, 15) is 0 Å². The first-order chi connectivity index (χ1) is 38.7. The van der Waals surface area contributed by atoms with Crippen molar-refractivity contribution in [3.8, 4) is 44.8 Å². The van der Waals surface area contributed by atoms with Crippen LogP contribution in [-0.4, -0.2) is 9.13 Å². The molecule has 17 aromatic rings. The van der Waals surface area contributed by atoms with Crippen molar-refractivity contribution in [2.24, 2.45) is 0 Å². The summed E-state index contributed by atoms with van der Waals surface area (Å²) in [5, 5.41) is 14.3. The van der Waals surface area contributed by atoms with Gasteiger partial charge in [-0.2, -0.15) is 0 Å². The Bertz CT molecular complexity index is 5470. The number of fused-ring (bicyclic) bond motifs is 18. The third kappa shape index (κ3) is 6.17. The van der Waals surface area contributed by atoms with Gasteiger partial charge in [-0.05, 0) is 131 Å². The molecule has 11 aromatic carbocycles. The molecule has 0 amide bonds. The molecular weight excluding hydrogens is 1020 g/mol. The van der Waals surface area contributed by atoms with E-state index in [0.717, 1.165) is 12.8 Å². The van der Waals surface area contributed by atoms with Gasteiger partial charge in [-0.1, -0.05) is 152 Å². The van der Waals surface area contributed by atoms with Crippen LogP contribution >= 0.6 is 45.3 Å². The fourth-order valence-corrected chi connectivity index (χ4v) is 18.2. The Morgan fingerprint density at radius 3 is 1.18 bits per heavy atom. The molecule has 0 saturated heterocycles. The highest BCUT2D eigenvalue weighted by Gasteiger charge is 2.23. The van der Waals surface area contributed by atoms with E-state index in [1.165, 1.54) is 169 Å². The van der Waals surface area contributed by atoms with E-state index in [-0.39, 0.29) is 0 Å². The SMILES string of the molecule is C1=Cc2c(sc3c(-n4c5ccc(-c6ccc7c(c6)c6cc(-c8cccc9c8sc8ccccc89)ccc6n7-c6cccc7c6sc6ccccc67)cc5c5cc(-c6cccc7c6sc6ccccc67)ccc54)cccc23)CC1. The second-order valence-electron chi connectivity index (χ2n) is 20.9. The Kier molecular flexibility index (Phi) is 9.17. The lowest BCUT2D eigenvalue weighted by Gasteiger charge is -2.11. The van der Waals surface area contributed by atoms with E-state index in [1.54, 1.807) is 0 Å². The molecule has 0 atom stereocenters. The van der Waals surface area contributed by atoms with Crippen LogP contribution in [0.1, 0.15) is 16.9 Å². The Morgan fingerprint density at radius 2 is 0.679 bits per heavy atom. The number of rotatable bonds is 5. The predicted molar refractivity (Wildman–Crippen MR) is 343 cm³/mol. The van der Waals surface area contributed by atoms with Gasteiger partial charge in [0, 0.05) is 87.6 Å². The van der Waals surface area contributed by atoms with Gasteiger partial charge in [-0.15, -0.1) is 45.3 Å². The van der Waals surface area contributed by atoms with E-state index in [4.69, 9.17) is 0 Å². The number of hydrogen-bond donors (Lipinski definition) is 0. The monoisotopic (exact) mass is 1060 g/mol. The Labute approximate surface area is 463 Å². The maximum Gasteiger partial charge on any atom is 0.0640 e. The van der Waals surface area contributed by atoms with Crippen LogP contribution < -0.4 is 0 Å². The van der Waals surface area contributed by atoms with Crippen molar-refractivity contribution in [3.05, 3.63) is 235 Å². The van der Waals surface area contributed by atoms with Crippen molar-refractivity contribution in [2.75, 3.05) is 0 Å². The zero-order valence-corrected chi connectivity index (χ0v) is 45.1. The third-order valence-electron chi connectivity index (χ3n) is 16.8. The van der Waals surface area contributed by atoms with Gasteiger partial charge in [0.1, 0.15) is 0 Å². The molecule has 0 bridgehead atoms. The van der Waals surface area contributed by atoms with Crippen LogP contribution in [0.15, 0.2) is 224 Å². The molecular formula is C72H42N2S4. The molecule has 364 valence electrons. The molecule has 1 aliphatic carbocycles. The van der Waals surface area contributed by atoms with E-state index < -0.39 is 0 Å². The van der Waals surface area contributed by atoms with Crippen molar-refractivity contribution in [3.63, 3.8) is 0 Å². The number of thiophene rings is 4. The fraction of sp³-hybridized carbons (Fsp3) is 0.0278. The third-order valence-corrected chi connectivity index (χ3v) is 21.7. The first-order valence-corrected chi connectivity index (χ1v) is 30.0. The summed E-state index contributed by atoms with van der Waals surface area (Å²) >= 11 is 7.67. The molecule has 6 heteroatoms. The van der Waals surface area contributed by atoms with Crippen LogP contribution in [0.5, 0.6) is 0 Å². The topological polar surface area (TPSA) is 9.86 Å². The van der Waals surface area contributed by atoms with Crippen LogP contribution in [0.2, 0.25) is 0 Å². The van der Waals surface area contributed by atoms with Gasteiger partial charge in [-0.25, -0.2) is 0 Å². The van der Waals surface area contributed by atoms with Gasteiger partial charge in [0.15, 0.2) is 0 Å². The Balaban J connectivity index is 0.878. The summed E-state index contributed by atoms with van der Waals surface area (Å²) < 4.78 is 14.4. The summed E-state index contributed by atoms with van der Waals surface area (Å²) in [6.45, 7) is 0. The fourth-order valence-electron chi connectivity index (χ4n) is 13.2. The molecule has 0 radical (unpaired) electrons. The lowest BCUT2D eigenvalue weighted by atomic mass is 9.98. The molecule has 0 N–H and O–H groups in total. The summed E-state index contributed by atoms with van der Waals surface area (Å²) in [6.07, 6.45) is 6.89. The minimum Gasteiger partial charge on any atom is -0.308 e. The predicted octanol–water partition coefficient (Wildman–Crippen LogP) is 22.2.